The van der Waals surface area contributed by atoms with E-state index >= 15 is 0 Å². The molecule has 4 rings (SSSR count). The van der Waals surface area contributed by atoms with E-state index in [1.54, 1.807) is 12.3 Å². The normalized spacial score (nSPS) is 18.1. The first-order chi connectivity index (χ1) is 14.9. The van der Waals surface area contributed by atoms with E-state index in [-0.39, 0.29) is 5.91 Å². The maximum absolute atomic E-state index is 12.1. The number of pyridine rings is 2. The summed E-state index contributed by atoms with van der Waals surface area (Å²) in [7, 11) is 0. The number of hydrogen-bond acceptors (Lipinski definition) is 6. The third-order valence-corrected chi connectivity index (χ3v) is 6.29. The molecule has 3 N–H and O–H groups in total. The molecule has 1 aliphatic carbocycles. The Hall–Kier alpha value is -2.38. The molecule has 2 fully saturated rings. The highest BCUT2D eigenvalue weighted by molar-refractivity contribution is 6.30. The van der Waals surface area contributed by atoms with E-state index < -0.39 is 5.41 Å². The first-order valence-electron chi connectivity index (χ1n) is 10.9. The number of aromatic nitrogens is 2. The van der Waals surface area contributed by atoms with Gasteiger partial charge in [-0.1, -0.05) is 25.4 Å². The lowest BCUT2D eigenvalue weighted by Gasteiger charge is -2.38. The topological polar surface area (TPSA) is 93.4 Å². The Morgan fingerprint density at radius 3 is 2.61 bits per heavy atom. The monoisotopic (exact) mass is 443 g/mol. The van der Waals surface area contributed by atoms with E-state index in [0.29, 0.717) is 28.6 Å². The number of amides is 1. The zero-order valence-electron chi connectivity index (χ0n) is 18.1. The van der Waals surface area contributed by atoms with Crippen molar-refractivity contribution in [3.63, 3.8) is 0 Å². The van der Waals surface area contributed by atoms with Crippen molar-refractivity contribution in [2.75, 3.05) is 30.0 Å². The van der Waals surface area contributed by atoms with E-state index in [0.717, 1.165) is 56.8 Å². The van der Waals surface area contributed by atoms with Gasteiger partial charge >= 0.3 is 0 Å². The van der Waals surface area contributed by atoms with Crippen LogP contribution in [0.2, 0.25) is 5.02 Å². The maximum Gasteiger partial charge on any atom is 0.229 e. The third kappa shape index (κ3) is 4.77. The molecule has 2 aliphatic rings. The van der Waals surface area contributed by atoms with Crippen molar-refractivity contribution >= 4 is 34.8 Å². The Kier molecular flexibility index (Phi) is 6.34. The molecule has 0 bridgehead atoms. The Morgan fingerprint density at radius 1 is 1.29 bits per heavy atom. The summed E-state index contributed by atoms with van der Waals surface area (Å²) >= 11 is 6.01. The summed E-state index contributed by atoms with van der Waals surface area (Å²) in [5, 5.41) is 3.94. The van der Waals surface area contributed by atoms with Crippen LogP contribution >= 0.6 is 11.6 Å². The molecule has 2 aromatic rings. The molecule has 7 nitrogen and oxygen atoms in total. The molecule has 0 atom stereocenters. The molecule has 0 aromatic carbocycles. The largest absolute Gasteiger partial charge is 0.381 e. The van der Waals surface area contributed by atoms with Gasteiger partial charge in [0, 0.05) is 32.0 Å². The minimum atomic E-state index is -0.649. The van der Waals surface area contributed by atoms with Gasteiger partial charge in [0.1, 0.15) is 5.82 Å². The number of carbonyl (C=O) groups is 1. The number of nitrogens with two attached hydrogens (primary N) is 1. The molecule has 3 heterocycles. The van der Waals surface area contributed by atoms with Crippen molar-refractivity contribution < 1.29 is 9.53 Å². The number of nitrogens with zero attached hydrogens (tertiary/aromatic N) is 3. The quantitative estimate of drug-likeness (QED) is 0.639. The van der Waals surface area contributed by atoms with Crippen LogP contribution in [-0.4, -0.2) is 41.7 Å². The number of halogens is 1. The fourth-order valence-corrected chi connectivity index (χ4v) is 4.31. The lowest BCUT2D eigenvalue weighted by Crippen LogP contribution is -2.42. The van der Waals surface area contributed by atoms with Gasteiger partial charge in [0.05, 0.1) is 21.8 Å². The van der Waals surface area contributed by atoms with Crippen LogP contribution in [0.15, 0.2) is 30.5 Å². The fraction of sp³-hybridized carbons (Fsp3) is 0.522. The summed E-state index contributed by atoms with van der Waals surface area (Å²) in [6, 6.07) is 8.01. The number of carbonyl (C=O) groups excluding carboxylic acids is 1. The van der Waals surface area contributed by atoms with Crippen LogP contribution in [0.25, 0.3) is 0 Å². The van der Waals surface area contributed by atoms with Crippen LogP contribution in [0.3, 0.4) is 0 Å². The Labute approximate surface area is 188 Å². The Morgan fingerprint density at radius 2 is 2.03 bits per heavy atom. The summed E-state index contributed by atoms with van der Waals surface area (Å²) in [6.07, 6.45) is 5.02. The van der Waals surface area contributed by atoms with Crippen LogP contribution < -0.4 is 16.0 Å². The van der Waals surface area contributed by atoms with Gasteiger partial charge in [-0.25, -0.2) is 9.97 Å². The van der Waals surface area contributed by atoms with Gasteiger partial charge < -0.3 is 20.7 Å². The first kappa shape index (κ1) is 21.8. The number of nitrogens with one attached hydrogen (secondary N) is 1. The molecular weight excluding hydrogens is 414 g/mol. The number of ether oxygens (including phenoxy) is 1. The van der Waals surface area contributed by atoms with Gasteiger partial charge in [0.2, 0.25) is 5.91 Å². The van der Waals surface area contributed by atoms with Crippen LogP contribution in [0, 0.1) is 5.92 Å². The van der Waals surface area contributed by atoms with Crippen LogP contribution in [0.1, 0.15) is 45.2 Å². The molecule has 0 radical (unpaired) electrons. The van der Waals surface area contributed by atoms with E-state index in [1.165, 1.54) is 0 Å². The minimum Gasteiger partial charge on any atom is -0.381 e. The van der Waals surface area contributed by atoms with Crippen LogP contribution in [0.5, 0.6) is 0 Å². The molecule has 2 aromatic heterocycles. The van der Waals surface area contributed by atoms with E-state index in [4.69, 9.17) is 27.1 Å². The van der Waals surface area contributed by atoms with Crippen molar-refractivity contribution in [3.05, 3.63) is 41.2 Å². The summed E-state index contributed by atoms with van der Waals surface area (Å²) < 4.78 is 5.59. The summed E-state index contributed by atoms with van der Waals surface area (Å²) in [4.78, 5) is 23.8. The molecule has 1 saturated carbocycles. The van der Waals surface area contributed by atoms with Gasteiger partial charge in [-0.3, -0.25) is 4.79 Å². The van der Waals surface area contributed by atoms with Crippen molar-refractivity contribution in [3.8, 4) is 0 Å². The highest BCUT2D eigenvalue weighted by atomic mass is 35.5. The van der Waals surface area contributed by atoms with Gasteiger partial charge in [0.15, 0.2) is 5.82 Å². The second kappa shape index (κ2) is 9.01. The third-order valence-electron chi connectivity index (χ3n) is 6.06. The average Bonchev–Trinajstić information content (AvgIpc) is 3.57. The molecule has 8 heteroatoms. The number of hydrogen-bond donors (Lipinski definition) is 2. The van der Waals surface area contributed by atoms with Crippen molar-refractivity contribution in [2.45, 2.75) is 51.0 Å². The predicted molar refractivity (Wildman–Crippen MR) is 123 cm³/mol. The van der Waals surface area contributed by atoms with Crippen molar-refractivity contribution in [1.29, 1.82) is 0 Å². The van der Waals surface area contributed by atoms with E-state index in [9.17, 15) is 4.79 Å². The van der Waals surface area contributed by atoms with E-state index in [1.807, 2.05) is 12.1 Å². The molecular formula is C23H30ClN5O2. The van der Waals surface area contributed by atoms with Gasteiger partial charge in [-0.2, -0.15) is 0 Å². The van der Waals surface area contributed by atoms with Gasteiger partial charge in [-0.05, 0) is 55.9 Å². The predicted octanol–water partition coefficient (Wildman–Crippen LogP) is 4.03. The summed E-state index contributed by atoms with van der Waals surface area (Å²) in [6.45, 7) is 6.85. The molecule has 1 saturated heterocycles. The lowest BCUT2D eigenvalue weighted by atomic mass is 9.99. The summed E-state index contributed by atoms with van der Waals surface area (Å²) in [5.74, 6) is 1.50. The number of primary amides is 1. The zero-order chi connectivity index (χ0) is 22.0. The molecule has 1 amide bonds. The lowest BCUT2D eigenvalue weighted by molar-refractivity contribution is -0.120. The van der Waals surface area contributed by atoms with Gasteiger partial charge in [-0.15, -0.1) is 0 Å². The number of rotatable bonds is 8. The minimum absolute atomic E-state index is 0.313. The Bertz CT molecular complexity index is 924. The fourth-order valence-electron chi connectivity index (χ4n) is 4.20. The zero-order valence-corrected chi connectivity index (χ0v) is 18.9. The smallest absolute Gasteiger partial charge is 0.229 e. The highest BCUT2D eigenvalue weighted by Crippen LogP contribution is 2.48. The second-order valence-electron chi connectivity index (χ2n) is 8.89. The van der Waals surface area contributed by atoms with Crippen molar-refractivity contribution in [1.82, 2.24) is 9.97 Å². The van der Waals surface area contributed by atoms with Crippen LogP contribution in [-0.2, 0) is 14.9 Å². The molecule has 0 spiro atoms. The average molecular weight is 444 g/mol. The maximum atomic E-state index is 12.1. The molecule has 31 heavy (non-hydrogen) atoms. The standard InChI is InChI=1S/C23H30ClN5O2/c1-15(2)14-29(17-7-11-31-12-8-17)18-4-5-19(23(9-10-23)22(25)30)27-21(18)28-20-6-3-16(24)13-26-20/h3-6,13,15,17H,7-12,14H2,1-2H3,(H2,25,30)(H,26,27,28). The first-order valence-corrected chi connectivity index (χ1v) is 11.3. The molecule has 0 unspecified atom stereocenters. The van der Waals surface area contributed by atoms with Gasteiger partial charge in [0.25, 0.3) is 0 Å². The second-order valence-corrected chi connectivity index (χ2v) is 9.32. The molecule has 166 valence electrons. The SMILES string of the molecule is CC(C)CN(c1ccc(C2(C(N)=O)CC2)nc1Nc1ccc(Cl)cn1)C1CCOCC1. The summed E-state index contributed by atoms with van der Waals surface area (Å²) in [5.41, 5.74) is 6.79. The number of anilines is 3. The molecule has 1 aliphatic heterocycles. The Balaban J connectivity index is 1.75. The van der Waals surface area contributed by atoms with Crippen LogP contribution in [0.4, 0.5) is 17.3 Å². The highest BCUT2D eigenvalue weighted by Gasteiger charge is 2.51. The van der Waals surface area contributed by atoms with Crippen molar-refractivity contribution in [2.24, 2.45) is 11.7 Å². The van der Waals surface area contributed by atoms with E-state index in [2.05, 4.69) is 35.1 Å².